The number of rotatable bonds is 4. The summed E-state index contributed by atoms with van der Waals surface area (Å²) in [5.41, 5.74) is 4.84. The van der Waals surface area contributed by atoms with E-state index in [4.69, 9.17) is 15.9 Å². The van der Waals surface area contributed by atoms with Gasteiger partial charge in [0.05, 0.1) is 12.6 Å². The quantitative estimate of drug-likeness (QED) is 0.492. The van der Waals surface area contributed by atoms with E-state index in [2.05, 4.69) is 4.99 Å². The highest BCUT2D eigenvalue weighted by atomic mass is 16.4. The number of aliphatic hydroxyl groups excluding tert-OH is 1. The van der Waals surface area contributed by atoms with E-state index in [0.29, 0.717) is 0 Å². The van der Waals surface area contributed by atoms with Crippen molar-refractivity contribution in [2.75, 3.05) is 6.61 Å². The minimum absolute atomic E-state index is 0.154. The number of aliphatic carboxylic acids is 1. The summed E-state index contributed by atoms with van der Waals surface area (Å²) < 4.78 is 0. The molecule has 0 bridgehead atoms. The van der Waals surface area contributed by atoms with E-state index in [1.54, 1.807) is 6.92 Å². The number of nitrogens with two attached hydrogens (primary N) is 1. The van der Waals surface area contributed by atoms with Crippen molar-refractivity contribution in [3.05, 3.63) is 12.3 Å². The van der Waals surface area contributed by atoms with Crippen molar-refractivity contribution in [3.8, 4) is 0 Å². The monoisotopic (exact) mass is 172 g/mol. The Morgan fingerprint density at radius 1 is 1.75 bits per heavy atom. The van der Waals surface area contributed by atoms with Crippen molar-refractivity contribution in [2.24, 2.45) is 10.7 Å². The van der Waals surface area contributed by atoms with Crippen molar-refractivity contribution in [1.29, 1.82) is 0 Å². The first kappa shape index (κ1) is 10.6. The van der Waals surface area contributed by atoms with Gasteiger partial charge in [0.15, 0.2) is 0 Å². The topological polar surface area (TPSA) is 95.9 Å². The summed E-state index contributed by atoms with van der Waals surface area (Å²) >= 11 is 0. The molecule has 0 aromatic rings. The normalized spacial score (nSPS) is 15.0. The molecule has 4 N–H and O–H groups in total. The Bertz CT molecular complexity index is 211. The Labute approximate surface area is 70.2 Å². The molecule has 0 aliphatic heterocycles. The lowest BCUT2D eigenvalue weighted by Crippen LogP contribution is -2.15. The van der Waals surface area contributed by atoms with Crippen molar-refractivity contribution in [1.82, 2.24) is 0 Å². The van der Waals surface area contributed by atoms with Crippen molar-refractivity contribution in [3.63, 3.8) is 0 Å². The van der Waals surface area contributed by atoms with Crippen LogP contribution in [-0.4, -0.2) is 34.5 Å². The van der Waals surface area contributed by atoms with Gasteiger partial charge < -0.3 is 15.9 Å². The maximum atomic E-state index is 10.4. The molecule has 0 radical (unpaired) electrons. The molecule has 12 heavy (non-hydrogen) atoms. The zero-order valence-electron chi connectivity index (χ0n) is 6.77. The average Bonchev–Trinajstić information content (AvgIpc) is 2.03. The molecule has 0 heterocycles. The lowest BCUT2D eigenvalue weighted by Gasteiger charge is -2.01. The van der Waals surface area contributed by atoms with E-state index in [9.17, 15) is 4.79 Å². The smallest absolute Gasteiger partial charge is 0.354 e. The Kier molecular flexibility index (Phi) is 4.71. The van der Waals surface area contributed by atoms with E-state index < -0.39 is 12.0 Å². The summed E-state index contributed by atoms with van der Waals surface area (Å²) in [7, 11) is 0. The number of nitrogens with zero attached hydrogens (tertiary/aromatic N) is 1. The van der Waals surface area contributed by atoms with Gasteiger partial charge in [-0.05, 0) is 19.2 Å². The summed E-state index contributed by atoms with van der Waals surface area (Å²) in [5.74, 6) is -1.16. The Morgan fingerprint density at radius 2 is 2.33 bits per heavy atom. The van der Waals surface area contributed by atoms with Gasteiger partial charge in [-0.2, -0.15) is 0 Å². The van der Waals surface area contributed by atoms with Gasteiger partial charge in [0.1, 0.15) is 5.71 Å². The summed E-state index contributed by atoms with van der Waals surface area (Å²) in [6, 6.07) is -0.424. The molecule has 0 unspecified atom stereocenters. The van der Waals surface area contributed by atoms with Gasteiger partial charge in [0, 0.05) is 0 Å². The molecule has 0 rings (SSSR count). The molecule has 0 saturated carbocycles. The van der Waals surface area contributed by atoms with Crippen LogP contribution in [0, 0.1) is 0 Å². The predicted molar refractivity (Wildman–Crippen MR) is 44.9 cm³/mol. The van der Waals surface area contributed by atoms with Gasteiger partial charge in [0.2, 0.25) is 0 Å². The molecule has 0 spiro atoms. The second kappa shape index (κ2) is 5.31. The minimum Gasteiger partial charge on any atom is -0.477 e. The van der Waals surface area contributed by atoms with Gasteiger partial charge in [-0.1, -0.05) is 0 Å². The highest BCUT2D eigenvalue weighted by molar-refractivity contribution is 6.40. The number of hydrogen-bond acceptors (Lipinski definition) is 4. The van der Waals surface area contributed by atoms with Crippen LogP contribution in [0.1, 0.15) is 6.92 Å². The standard InChI is InChI=1S/C7H12N2O3/c1-5(4-10)9-6(2-3-8)7(11)12/h2-3,5,10H,4,8H2,1H3,(H,11,12)/t5-/m0/s1. The first-order chi connectivity index (χ1) is 5.61. The second-order valence-electron chi connectivity index (χ2n) is 2.21. The molecule has 0 aromatic carbocycles. The molecule has 68 valence electrons. The molecular formula is C7H12N2O3. The van der Waals surface area contributed by atoms with E-state index in [1.807, 2.05) is 0 Å². The Morgan fingerprint density at radius 3 is 2.67 bits per heavy atom. The average molecular weight is 172 g/mol. The summed E-state index contributed by atoms with van der Waals surface area (Å²) in [6.07, 6.45) is 2.27. The van der Waals surface area contributed by atoms with Crippen LogP contribution in [0.3, 0.4) is 0 Å². The number of carboxylic acids is 1. The highest BCUT2D eigenvalue weighted by Crippen LogP contribution is 1.91. The fraction of sp³-hybridized carbons (Fsp3) is 0.429. The third-order valence-electron chi connectivity index (χ3n) is 1.10. The van der Waals surface area contributed by atoms with Crippen LogP contribution in [0.5, 0.6) is 0 Å². The Balaban J connectivity index is 4.49. The maximum Gasteiger partial charge on any atom is 0.354 e. The van der Waals surface area contributed by atoms with Crippen LogP contribution < -0.4 is 5.73 Å². The van der Waals surface area contributed by atoms with Crippen molar-refractivity contribution >= 4 is 11.7 Å². The molecule has 0 aromatic heterocycles. The molecule has 1 atom stereocenters. The third kappa shape index (κ3) is 3.72. The summed E-state index contributed by atoms with van der Waals surface area (Å²) in [4.78, 5) is 14.1. The Hall–Kier alpha value is -1.36. The number of carbonyl (C=O) groups is 1. The van der Waals surface area contributed by atoms with Gasteiger partial charge in [-0.25, -0.2) is 4.79 Å². The highest BCUT2D eigenvalue weighted by Gasteiger charge is 2.06. The SMILES string of the molecule is C[C@@H](CO)N=C(C=CN)C(=O)O. The van der Waals surface area contributed by atoms with Crippen LogP contribution in [0.4, 0.5) is 0 Å². The van der Waals surface area contributed by atoms with Gasteiger partial charge in [0.25, 0.3) is 0 Å². The maximum absolute atomic E-state index is 10.4. The summed E-state index contributed by atoms with van der Waals surface area (Å²) in [6.45, 7) is 1.42. The van der Waals surface area contributed by atoms with Crippen LogP contribution in [0.15, 0.2) is 17.3 Å². The lowest BCUT2D eigenvalue weighted by molar-refractivity contribution is -0.129. The molecule has 5 heteroatoms. The number of aliphatic hydroxyl groups is 1. The lowest BCUT2D eigenvalue weighted by atomic mass is 10.3. The first-order valence-electron chi connectivity index (χ1n) is 3.42. The van der Waals surface area contributed by atoms with Crippen molar-refractivity contribution in [2.45, 2.75) is 13.0 Å². The number of aliphatic imine (C=N–C) groups is 1. The summed E-state index contributed by atoms with van der Waals surface area (Å²) in [5, 5.41) is 17.1. The molecule has 0 aliphatic rings. The van der Waals surface area contributed by atoms with Crippen LogP contribution in [-0.2, 0) is 4.79 Å². The van der Waals surface area contributed by atoms with Gasteiger partial charge in [-0.15, -0.1) is 0 Å². The number of carboxylic acid groups (broad SMARTS) is 1. The molecule has 5 nitrogen and oxygen atoms in total. The predicted octanol–water partition coefficient (Wildman–Crippen LogP) is -0.635. The first-order valence-corrected chi connectivity index (χ1v) is 3.42. The van der Waals surface area contributed by atoms with Crippen LogP contribution >= 0.6 is 0 Å². The van der Waals surface area contributed by atoms with E-state index >= 15 is 0 Å². The zero-order valence-corrected chi connectivity index (χ0v) is 6.77. The fourth-order valence-electron chi connectivity index (χ4n) is 0.539. The van der Waals surface area contributed by atoms with E-state index in [1.165, 1.54) is 6.08 Å². The molecule has 0 aliphatic carbocycles. The third-order valence-corrected chi connectivity index (χ3v) is 1.10. The second-order valence-corrected chi connectivity index (χ2v) is 2.21. The largest absolute Gasteiger partial charge is 0.477 e. The van der Waals surface area contributed by atoms with Crippen LogP contribution in [0.2, 0.25) is 0 Å². The fourth-order valence-corrected chi connectivity index (χ4v) is 0.539. The molecule has 0 amide bonds. The molecule has 0 fully saturated rings. The van der Waals surface area contributed by atoms with Gasteiger partial charge >= 0.3 is 5.97 Å². The molecule has 0 saturated heterocycles. The number of hydrogen-bond donors (Lipinski definition) is 3. The van der Waals surface area contributed by atoms with Gasteiger partial charge in [-0.3, -0.25) is 4.99 Å². The van der Waals surface area contributed by atoms with E-state index in [0.717, 1.165) is 6.20 Å². The van der Waals surface area contributed by atoms with Crippen LogP contribution in [0.25, 0.3) is 0 Å². The molecular weight excluding hydrogens is 160 g/mol. The zero-order chi connectivity index (χ0) is 9.56. The minimum atomic E-state index is -1.16. The van der Waals surface area contributed by atoms with E-state index in [-0.39, 0.29) is 12.3 Å². The van der Waals surface area contributed by atoms with Crippen molar-refractivity contribution < 1.29 is 15.0 Å².